The van der Waals surface area contributed by atoms with Crippen LogP contribution >= 0.6 is 0 Å². The molecule has 1 aromatic rings. The van der Waals surface area contributed by atoms with Crippen LogP contribution in [0.2, 0.25) is 0 Å². The molecule has 0 amide bonds. The van der Waals surface area contributed by atoms with E-state index in [0.717, 1.165) is 38.8 Å². The van der Waals surface area contributed by atoms with Crippen molar-refractivity contribution in [2.24, 2.45) is 5.92 Å². The molecular formula is C26H37NO4. The highest BCUT2D eigenvalue weighted by Crippen LogP contribution is 2.36. The lowest BCUT2D eigenvalue weighted by atomic mass is 9.97. The van der Waals surface area contributed by atoms with Crippen molar-refractivity contribution in [2.45, 2.75) is 70.0 Å². The molecule has 1 saturated carbocycles. The minimum Gasteiger partial charge on any atom is -0.463 e. The van der Waals surface area contributed by atoms with Gasteiger partial charge in [0.15, 0.2) is 0 Å². The fourth-order valence-electron chi connectivity index (χ4n) is 5.08. The van der Waals surface area contributed by atoms with Gasteiger partial charge in [0.2, 0.25) is 0 Å². The van der Waals surface area contributed by atoms with Crippen LogP contribution in [0.5, 0.6) is 0 Å². The highest BCUT2D eigenvalue weighted by atomic mass is 16.6. The van der Waals surface area contributed by atoms with E-state index < -0.39 is 0 Å². The van der Waals surface area contributed by atoms with Gasteiger partial charge in [0.25, 0.3) is 0 Å². The van der Waals surface area contributed by atoms with Crippen molar-refractivity contribution in [2.75, 3.05) is 33.0 Å². The van der Waals surface area contributed by atoms with E-state index in [1.807, 2.05) is 6.07 Å². The van der Waals surface area contributed by atoms with Gasteiger partial charge < -0.3 is 14.2 Å². The molecule has 1 heterocycles. The lowest BCUT2D eigenvalue weighted by molar-refractivity contribution is -0.153. The number of carbonyl (C=O) groups excluding carboxylic acids is 1. The molecule has 0 radical (unpaired) electrons. The molecule has 2 aliphatic carbocycles. The third-order valence-electron chi connectivity index (χ3n) is 7.22. The third-order valence-corrected chi connectivity index (χ3v) is 7.22. The normalized spacial score (nSPS) is 23.6. The number of fused-ring (bicyclic) bond motifs is 1. The maximum absolute atomic E-state index is 12.4. The number of ether oxygens (including phenoxy) is 3. The summed E-state index contributed by atoms with van der Waals surface area (Å²) in [4.78, 5) is 14.8. The molecule has 3 aliphatic rings. The van der Waals surface area contributed by atoms with Crippen LogP contribution in [0.4, 0.5) is 0 Å². The van der Waals surface area contributed by atoms with Crippen molar-refractivity contribution in [3.8, 4) is 0 Å². The number of benzene rings is 1. The molecule has 1 saturated heterocycles. The van der Waals surface area contributed by atoms with Gasteiger partial charge >= 0.3 is 5.97 Å². The van der Waals surface area contributed by atoms with Gasteiger partial charge in [-0.2, -0.15) is 0 Å². The molecule has 0 aromatic heterocycles. The molecular weight excluding hydrogens is 390 g/mol. The molecule has 0 spiro atoms. The summed E-state index contributed by atoms with van der Waals surface area (Å²) < 4.78 is 17.7. The van der Waals surface area contributed by atoms with Crippen LogP contribution in [0, 0.1) is 5.92 Å². The molecule has 4 rings (SSSR count). The van der Waals surface area contributed by atoms with Gasteiger partial charge in [0, 0.05) is 13.1 Å². The molecule has 5 nitrogen and oxygen atoms in total. The fourth-order valence-corrected chi connectivity index (χ4v) is 5.08. The number of rotatable bonds is 9. The van der Waals surface area contributed by atoms with E-state index in [1.165, 1.54) is 36.1 Å². The molecule has 1 unspecified atom stereocenters. The predicted molar refractivity (Wildman–Crippen MR) is 122 cm³/mol. The van der Waals surface area contributed by atoms with Crippen LogP contribution in [0.25, 0.3) is 12.2 Å². The second-order valence-electron chi connectivity index (χ2n) is 9.22. The Hall–Kier alpha value is -1.69. The monoisotopic (exact) mass is 427 g/mol. The average molecular weight is 428 g/mol. The van der Waals surface area contributed by atoms with Gasteiger partial charge in [-0.25, -0.2) is 0 Å². The van der Waals surface area contributed by atoms with Crippen molar-refractivity contribution in [3.05, 3.63) is 34.7 Å². The zero-order valence-electron chi connectivity index (χ0n) is 18.9. The van der Waals surface area contributed by atoms with Crippen LogP contribution in [0.3, 0.4) is 0 Å². The van der Waals surface area contributed by atoms with Crippen molar-refractivity contribution >= 4 is 18.1 Å². The largest absolute Gasteiger partial charge is 0.463 e. The van der Waals surface area contributed by atoms with E-state index in [2.05, 4.69) is 42.2 Å². The first-order valence-electron chi connectivity index (χ1n) is 12.1. The summed E-state index contributed by atoms with van der Waals surface area (Å²) >= 11 is 0. The van der Waals surface area contributed by atoms with Crippen LogP contribution in [-0.4, -0.2) is 55.6 Å². The summed E-state index contributed by atoms with van der Waals surface area (Å²) in [6.45, 7) is 5.51. The van der Waals surface area contributed by atoms with Crippen LogP contribution in [-0.2, 0) is 19.0 Å². The molecule has 5 heteroatoms. The Balaban J connectivity index is 1.11. The zero-order valence-corrected chi connectivity index (χ0v) is 18.9. The number of esters is 1. The van der Waals surface area contributed by atoms with Gasteiger partial charge in [-0.1, -0.05) is 50.1 Å². The average Bonchev–Trinajstić information content (AvgIpc) is 3.30. The number of nitrogens with zero attached hydrogens (tertiary/aromatic N) is 1. The number of hydrogen-bond acceptors (Lipinski definition) is 5. The van der Waals surface area contributed by atoms with Gasteiger partial charge in [0.1, 0.15) is 6.61 Å². The standard InChI is InChI=1S/C26H37NO4/c1-2-26(13-5-6-14-26)31-20-27-15-11-22(12-16-27)25(28)30-18-17-29-24-10-9-21-7-3-4-8-23(21)19-24/h3-4,7-9,19,22,24H,2,5-6,10-18,20H2,1H3. The van der Waals surface area contributed by atoms with E-state index in [1.54, 1.807) is 0 Å². The number of piperidine rings is 1. The highest BCUT2D eigenvalue weighted by Gasteiger charge is 2.34. The Kier molecular flexibility index (Phi) is 7.81. The third kappa shape index (κ3) is 5.97. The molecule has 0 bridgehead atoms. The van der Waals surface area contributed by atoms with Gasteiger partial charge in [-0.3, -0.25) is 9.69 Å². The quantitative estimate of drug-likeness (QED) is 0.448. The fraction of sp³-hybridized carbons (Fsp3) is 0.654. The van der Waals surface area contributed by atoms with Gasteiger partial charge in [0.05, 0.1) is 31.0 Å². The molecule has 1 aliphatic heterocycles. The van der Waals surface area contributed by atoms with E-state index in [4.69, 9.17) is 14.2 Å². The Morgan fingerprint density at radius 3 is 2.58 bits per heavy atom. The van der Waals surface area contributed by atoms with Gasteiger partial charge in [-0.05, 0) is 55.0 Å². The first-order chi connectivity index (χ1) is 15.2. The van der Waals surface area contributed by atoms with E-state index in [-0.39, 0.29) is 23.6 Å². The number of hydrogen-bond donors (Lipinski definition) is 0. The molecule has 1 aromatic carbocycles. The first-order valence-corrected chi connectivity index (χ1v) is 12.1. The van der Waals surface area contributed by atoms with Crippen LogP contribution in [0.1, 0.15) is 58.3 Å². The first kappa shape index (κ1) is 22.5. The summed E-state index contributed by atoms with van der Waals surface area (Å²) in [5, 5.41) is 2.47. The summed E-state index contributed by atoms with van der Waals surface area (Å²) in [7, 11) is 0. The van der Waals surface area contributed by atoms with Crippen molar-refractivity contribution < 1.29 is 19.0 Å². The summed E-state index contributed by atoms with van der Waals surface area (Å²) in [6, 6.07) is 8.33. The number of likely N-dealkylation sites (tertiary alicyclic amines) is 1. The zero-order chi connectivity index (χ0) is 21.5. The topological polar surface area (TPSA) is 48.0 Å². The van der Waals surface area contributed by atoms with Crippen LogP contribution in [0.15, 0.2) is 24.3 Å². The minimum absolute atomic E-state index is 0.00400. The van der Waals surface area contributed by atoms with E-state index in [9.17, 15) is 4.79 Å². The van der Waals surface area contributed by atoms with E-state index in [0.29, 0.717) is 19.9 Å². The summed E-state index contributed by atoms with van der Waals surface area (Å²) in [5.74, 6) is -0.0705. The van der Waals surface area contributed by atoms with E-state index >= 15 is 0 Å². The Labute approximate surface area is 186 Å². The summed E-state index contributed by atoms with van der Waals surface area (Å²) in [6.07, 6.45) is 13.0. The lowest BCUT2D eigenvalue weighted by Crippen LogP contribution is -2.41. The Bertz CT molecular complexity index is 837. The van der Waals surface area contributed by atoms with Gasteiger partial charge in [-0.15, -0.1) is 0 Å². The van der Waals surface area contributed by atoms with Crippen molar-refractivity contribution in [3.63, 3.8) is 0 Å². The van der Waals surface area contributed by atoms with Crippen LogP contribution < -0.4 is 10.4 Å². The Morgan fingerprint density at radius 2 is 1.84 bits per heavy atom. The molecule has 31 heavy (non-hydrogen) atoms. The molecule has 2 fully saturated rings. The lowest BCUT2D eigenvalue weighted by Gasteiger charge is -2.35. The number of carbonyl (C=O) groups is 1. The molecule has 0 N–H and O–H groups in total. The maximum Gasteiger partial charge on any atom is 0.309 e. The van der Waals surface area contributed by atoms with Crippen molar-refractivity contribution in [1.82, 2.24) is 4.90 Å². The SMILES string of the molecule is CCC1(OCN2CCC(C(=O)OCCOC3C=c4ccccc4=CC3)CC2)CCCC1. The highest BCUT2D eigenvalue weighted by molar-refractivity contribution is 5.72. The molecule has 1 atom stereocenters. The molecule has 170 valence electrons. The predicted octanol–water partition coefficient (Wildman–Crippen LogP) is 2.99. The maximum atomic E-state index is 12.4. The minimum atomic E-state index is -0.0745. The summed E-state index contributed by atoms with van der Waals surface area (Å²) in [5.41, 5.74) is 0.103. The second-order valence-corrected chi connectivity index (χ2v) is 9.22. The smallest absolute Gasteiger partial charge is 0.309 e. The second kappa shape index (κ2) is 10.8. The van der Waals surface area contributed by atoms with Crippen molar-refractivity contribution in [1.29, 1.82) is 0 Å². The Morgan fingerprint density at radius 1 is 1.10 bits per heavy atom.